The molecule has 0 aliphatic heterocycles. The summed E-state index contributed by atoms with van der Waals surface area (Å²) in [6.07, 6.45) is 4.38. The van der Waals surface area contributed by atoms with Crippen molar-refractivity contribution in [1.82, 2.24) is 29.5 Å². The molecule has 0 spiro atoms. The number of aryl methyl sites for hydroxylation is 3. The third kappa shape index (κ3) is 3.32. The summed E-state index contributed by atoms with van der Waals surface area (Å²) < 4.78 is 3.61. The first-order chi connectivity index (χ1) is 14.5. The molecule has 4 aromatic rings. The van der Waals surface area contributed by atoms with Crippen LogP contribution in [0.3, 0.4) is 0 Å². The Hall–Kier alpha value is -3.61. The Morgan fingerprint density at radius 3 is 2.47 bits per heavy atom. The summed E-state index contributed by atoms with van der Waals surface area (Å²) in [5.41, 5.74) is 12.5. The fraction of sp³-hybridized carbons (Fsp3) is 0.261. The predicted octanol–water partition coefficient (Wildman–Crippen LogP) is 4.35. The normalized spacial score (nSPS) is 13.6. The summed E-state index contributed by atoms with van der Waals surface area (Å²) in [6, 6.07) is 14.5. The molecule has 0 bridgehead atoms. The van der Waals surface area contributed by atoms with E-state index in [1.165, 1.54) is 18.4 Å². The predicted molar refractivity (Wildman–Crippen MR) is 119 cm³/mol. The summed E-state index contributed by atoms with van der Waals surface area (Å²) >= 11 is 0. The highest BCUT2D eigenvalue weighted by Crippen LogP contribution is 2.40. The van der Waals surface area contributed by atoms with Crippen molar-refractivity contribution in [2.24, 2.45) is 7.05 Å². The number of H-pyrrole nitrogens is 1. The average molecular weight is 400 g/mol. The summed E-state index contributed by atoms with van der Waals surface area (Å²) in [4.78, 5) is 7.92. The van der Waals surface area contributed by atoms with Crippen LogP contribution in [-0.2, 0) is 7.05 Å². The molecule has 3 heterocycles. The van der Waals surface area contributed by atoms with Crippen molar-refractivity contribution in [3.8, 4) is 17.1 Å². The van der Waals surface area contributed by atoms with E-state index >= 15 is 0 Å². The van der Waals surface area contributed by atoms with Crippen LogP contribution in [-0.4, -0.2) is 29.5 Å². The molecule has 7 nitrogen and oxygen atoms in total. The Morgan fingerprint density at radius 2 is 1.80 bits per heavy atom. The molecule has 1 aliphatic rings. The van der Waals surface area contributed by atoms with Crippen LogP contribution in [0.25, 0.3) is 28.1 Å². The van der Waals surface area contributed by atoms with Crippen LogP contribution >= 0.6 is 0 Å². The second kappa shape index (κ2) is 7.02. The third-order valence-electron chi connectivity index (χ3n) is 5.54. The highest BCUT2D eigenvalue weighted by atomic mass is 15.3. The molecule has 1 fully saturated rings. The van der Waals surface area contributed by atoms with Gasteiger partial charge in [-0.1, -0.05) is 24.3 Å². The Kier molecular flexibility index (Phi) is 4.31. The number of rotatable bonds is 3. The molecular formula is C23H25N7. The SMILES string of the molecule is Cc1cc(C)n(-c2cc(N)[nH]c3c(ccn2)c(-c2ccc(C4CC4)cc2)nn3C)n1. The van der Waals surface area contributed by atoms with Gasteiger partial charge in [0.15, 0.2) is 5.82 Å². The summed E-state index contributed by atoms with van der Waals surface area (Å²) in [7, 11) is 1.91. The van der Waals surface area contributed by atoms with Gasteiger partial charge in [0.1, 0.15) is 17.2 Å². The zero-order valence-electron chi connectivity index (χ0n) is 17.4. The number of nitrogens with two attached hydrogens (primary N) is 1. The van der Waals surface area contributed by atoms with E-state index in [4.69, 9.17) is 10.8 Å². The first-order valence-corrected chi connectivity index (χ1v) is 10.2. The van der Waals surface area contributed by atoms with Gasteiger partial charge in [0.2, 0.25) is 0 Å². The fourth-order valence-electron chi connectivity index (χ4n) is 3.90. The van der Waals surface area contributed by atoms with Crippen LogP contribution in [0.15, 0.2) is 48.7 Å². The Bertz CT molecular complexity index is 1290. The van der Waals surface area contributed by atoms with E-state index in [2.05, 4.69) is 39.3 Å². The van der Waals surface area contributed by atoms with E-state index in [9.17, 15) is 0 Å². The Balaban J connectivity index is 1.67. The summed E-state index contributed by atoms with van der Waals surface area (Å²) in [5.74, 6) is 1.86. The topological polar surface area (TPSA) is 90.3 Å². The van der Waals surface area contributed by atoms with Gasteiger partial charge in [0, 0.05) is 36.0 Å². The van der Waals surface area contributed by atoms with Crippen LogP contribution in [0, 0.1) is 13.8 Å². The molecule has 1 saturated carbocycles. The molecule has 1 aliphatic carbocycles. The number of nitrogens with zero attached hydrogens (tertiary/aromatic N) is 5. The molecule has 7 heteroatoms. The number of benzene rings is 1. The van der Waals surface area contributed by atoms with Crippen molar-refractivity contribution in [3.05, 3.63) is 65.6 Å². The minimum absolute atomic E-state index is 0.477. The van der Waals surface area contributed by atoms with E-state index < -0.39 is 0 Å². The molecular weight excluding hydrogens is 374 g/mol. The molecule has 1 aromatic carbocycles. The van der Waals surface area contributed by atoms with Crippen molar-refractivity contribution in [2.75, 3.05) is 5.73 Å². The standard InChI is InChI=1S/C23H25N7/c1-14-12-15(2)30(27-14)21-13-20(24)26-23-19(10-11-25-21)22(28-29(23)3)18-8-6-17(7-9-18)16-4-5-16/h6-13,16,26H,4-5,24H2,1-3H3. The van der Waals surface area contributed by atoms with Crippen molar-refractivity contribution in [1.29, 1.82) is 0 Å². The van der Waals surface area contributed by atoms with Crippen LogP contribution in [0.1, 0.15) is 35.7 Å². The molecule has 3 aromatic heterocycles. The zero-order valence-corrected chi connectivity index (χ0v) is 17.4. The van der Waals surface area contributed by atoms with Gasteiger partial charge in [-0.25, -0.2) is 9.67 Å². The van der Waals surface area contributed by atoms with Gasteiger partial charge in [-0.05, 0) is 50.3 Å². The average Bonchev–Trinajstić information content (AvgIpc) is 3.43. The van der Waals surface area contributed by atoms with Gasteiger partial charge < -0.3 is 10.7 Å². The number of hydrogen-bond acceptors (Lipinski definition) is 4. The fourth-order valence-corrected chi connectivity index (χ4v) is 3.90. The lowest BCUT2D eigenvalue weighted by molar-refractivity contribution is 0.790. The molecule has 0 saturated heterocycles. The minimum atomic E-state index is 0.477. The van der Waals surface area contributed by atoms with E-state index in [1.54, 1.807) is 16.9 Å². The van der Waals surface area contributed by atoms with E-state index in [0.29, 0.717) is 11.6 Å². The molecule has 5 rings (SSSR count). The van der Waals surface area contributed by atoms with Crippen LogP contribution in [0.5, 0.6) is 0 Å². The summed E-state index contributed by atoms with van der Waals surface area (Å²) in [6.45, 7) is 3.96. The Morgan fingerprint density at radius 1 is 1.03 bits per heavy atom. The van der Waals surface area contributed by atoms with Gasteiger partial charge in [0.25, 0.3) is 0 Å². The van der Waals surface area contributed by atoms with Gasteiger partial charge in [0.05, 0.1) is 5.69 Å². The number of aromatic amines is 1. The van der Waals surface area contributed by atoms with Gasteiger partial charge in [-0.2, -0.15) is 10.2 Å². The maximum atomic E-state index is 6.31. The molecule has 0 amide bonds. The lowest BCUT2D eigenvalue weighted by atomic mass is 10.0. The smallest absolute Gasteiger partial charge is 0.157 e. The molecule has 152 valence electrons. The first kappa shape index (κ1) is 18.4. The maximum absolute atomic E-state index is 6.31. The number of aromatic nitrogens is 6. The molecule has 0 radical (unpaired) electrons. The second-order valence-corrected chi connectivity index (χ2v) is 8.00. The van der Waals surface area contributed by atoms with Crippen molar-refractivity contribution in [3.63, 3.8) is 0 Å². The van der Waals surface area contributed by atoms with Gasteiger partial charge in [-0.15, -0.1) is 0 Å². The molecule has 0 unspecified atom stereocenters. The number of fused-ring (bicyclic) bond motifs is 1. The zero-order chi connectivity index (χ0) is 20.8. The Labute approximate surface area is 174 Å². The molecule has 3 N–H and O–H groups in total. The van der Waals surface area contributed by atoms with E-state index in [0.717, 1.165) is 39.6 Å². The molecule has 30 heavy (non-hydrogen) atoms. The highest BCUT2D eigenvalue weighted by Gasteiger charge is 2.23. The van der Waals surface area contributed by atoms with Crippen molar-refractivity contribution < 1.29 is 0 Å². The second-order valence-electron chi connectivity index (χ2n) is 8.00. The monoisotopic (exact) mass is 399 g/mol. The quantitative estimate of drug-likeness (QED) is 0.536. The van der Waals surface area contributed by atoms with Crippen LogP contribution in [0.4, 0.5) is 5.82 Å². The highest BCUT2D eigenvalue weighted by molar-refractivity contribution is 5.91. The third-order valence-corrected chi connectivity index (χ3v) is 5.54. The number of anilines is 1. The molecule has 0 atom stereocenters. The largest absolute Gasteiger partial charge is 0.385 e. The van der Waals surface area contributed by atoms with E-state index in [1.807, 2.05) is 37.7 Å². The number of nitrogen functional groups attached to an aromatic ring is 1. The lowest BCUT2D eigenvalue weighted by Crippen LogP contribution is -2.01. The number of nitrogens with one attached hydrogen (secondary N) is 1. The first-order valence-electron chi connectivity index (χ1n) is 10.2. The van der Waals surface area contributed by atoms with Gasteiger partial charge >= 0.3 is 0 Å². The lowest BCUT2D eigenvalue weighted by Gasteiger charge is -2.01. The minimum Gasteiger partial charge on any atom is -0.385 e. The van der Waals surface area contributed by atoms with Crippen molar-refractivity contribution in [2.45, 2.75) is 32.6 Å². The van der Waals surface area contributed by atoms with E-state index in [-0.39, 0.29) is 0 Å². The van der Waals surface area contributed by atoms with Gasteiger partial charge in [-0.3, -0.25) is 4.68 Å². The number of hydrogen-bond donors (Lipinski definition) is 2. The van der Waals surface area contributed by atoms with Crippen molar-refractivity contribution >= 4 is 16.9 Å². The maximum Gasteiger partial charge on any atom is 0.157 e. The summed E-state index contributed by atoms with van der Waals surface area (Å²) in [5, 5.41) is 10.2. The van der Waals surface area contributed by atoms with Crippen LogP contribution in [0.2, 0.25) is 0 Å². The van der Waals surface area contributed by atoms with Crippen LogP contribution < -0.4 is 5.73 Å².